The first kappa shape index (κ1) is 13.8. The van der Waals surface area contributed by atoms with Crippen LogP contribution in [0, 0.1) is 0 Å². The molecule has 102 valence electrons. The number of ether oxygens (including phenoxy) is 2. The molecule has 0 aliphatic rings. The monoisotopic (exact) mass is 260 g/mol. The SMILES string of the molecule is COCCCC(O)c1ccc(OC)c2ccccc12. The van der Waals surface area contributed by atoms with E-state index in [2.05, 4.69) is 0 Å². The second kappa shape index (κ2) is 6.55. The summed E-state index contributed by atoms with van der Waals surface area (Å²) in [6.07, 6.45) is 1.08. The maximum atomic E-state index is 10.3. The standard InChI is InChI=1S/C16H20O3/c1-18-11-5-8-15(17)13-9-10-16(19-2)14-7-4-3-6-12(13)14/h3-4,6-7,9-10,15,17H,5,8,11H2,1-2H3. The summed E-state index contributed by atoms with van der Waals surface area (Å²) in [7, 11) is 3.34. The Kier molecular flexibility index (Phi) is 4.77. The van der Waals surface area contributed by atoms with E-state index in [4.69, 9.17) is 9.47 Å². The molecule has 0 aliphatic heterocycles. The Labute approximate surface area is 113 Å². The van der Waals surface area contributed by atoms with Gasteiger partial charge in [0, 0.05) is 19.1 Å². The number of methoxy groups -OCH3 is 2. The molecule has 2 rings (SSSR count). The number of hydrogen-bond acceptors (Lipinski definition) is 3. The second-order valence-corrected chi connectivity index (χ2v) is 4.55. The lowest BCUT2D eigenvalue weighted by Gasteiger charge is -2.15. The molecule has 2 aromatic rings. The first-order valence-corrected chi connectivity index (χ1v) is 6.50. The maximum absolute atomic E-state index is 10.3. The topological polar surface area (TPSA) is 38.7 Å². The van der Waals surface area contributed by atoms with Crippen molar-refractivity contribution in [3.05, 3.63) is 42.0 Å². The molecule has 0 fully saturated rings. The van der Waals surface area contributed by atoms with Gasteiger partial charge < -0.3 is 14.6 Å². The van der Waals surface area contributed by atoms with Gasteiger partial charge in [0.05, 0.1) is 13.2 Å². The minimum Gasteiger partial charge on any atom is -0.496 e. The van der Waals surface area contributed by atoms with Gasteiger partial charge in [0.15, 0.2) is 0 Å². The summed E-state index contributed by atoms with van der Waals surface area (Å²) < 4.78 is 10.4. The Morgan fingerprint density at radius 2 is 1.79 bits per heavy atom. The largest absolute Gasteiger partial charge is 0.496 e. The van der Waals surface area contributed by atoms with Crippen LogP contribution in [-0.2, 0) is 4.74 Å². The van der Waals surface area contributed by atoms with Crippen LogP contribution in [0.1, 0.15) is 24.5 Å². The van der Waals surface area contributed by atoms with Gasteiger partial charge in [0.2, 0.25) is 0 Å². The molecule has 1 N–H and O–H groups in total. The molecular weight excluding hydrogens is 240 g/mol. The summed E-state index contributed by atoms with van der Waals surface area (Å²) in [5.41, 5.74) is 0.951. The predicted octanol–water partition coefficient (Wildman–Crippen LogP) is 3.31. The van der Waals surface area contributed by atoms with Gasteiger partial charge in [-0.25, -0.2) is 0 Å². The summed E-state index contributed by atoms with van der Waals surface area (Å²) >= 11 is 0. The molecule has 0 bridgehead atoms. The smallest absolute Gasteiger partial charge is 0.126 e. The van der Waals surface area contributed by atoms with E-state index in [9.17, 15) is 5.11 Å². The summed E-state index contributed by atoms with van der Waals surface area (Å²) in [6, 6.07) is 11.8. The summed E-state index contributed by atoms with van der Waals surface area (Å²) in [4.78, 5) is 0. The Balaban J connectivity index is 2.33. The first-order chi connectivity index (χ1) is 9.27. The Bertz CT molecular complexity index is 537. The number of aliphatic hydroxyl groups excluding tert-OH is 1. The van der Waals surface area contributed by atoms with Crippen LogP contribution in [0.2, 0.25) is 0 Å². The maximum Gasteiger partial charge on any atom is 0.126 e. The minimum atomic E-state index is -0.467. The zero-order valence-corrected chi connectivity index (χ0v) is 11.4. The fraction of sp³-hybridized carbons (Fsp3) is 0.375. The first-order valence-electron chi connectivity index (χ1n) is 6.50. The number of fused-ring (bicyclic) bond motifs is 1. The van der Waals surface area contributed by atoms with Crippen molar-refractivity contribution in [2.24, 2.45) is 0 Å². The van der Waals surface area contributed by atoms with Crippen LogP contribution in [0.5, 0.6) is 5.75 Å². The lowest BCUT2D eigenvalue weighted by Crippen LogP contribution is -2.01. The highest BCUT2D eigenvalue weighted by Crippen LogP contribution is 2.32. The van der Waals surface area contributed by atoms with Crippen molar-refractivity contribution in [2.75, 3.05) is 20.8 Å². The van der Waals surface area contributed by atoms with E-state index in [-0.39, 0.29) is 0 Å². The molecule has 3 nitrogen and oxygen atoms in total. The molecule has 1 atom stereocenters. The fourth-order valence-corrected chi connectivity index (χ4v) is 2.34. The van der Waals surface area contributed by atoms with Crippen molar-refractivity contribution >= 4 is 10.8 Å². The van der Waals surface area contributed by atoms with Crippen LogP contribution >= 0.6 is 0 Å². The van der Waals surface area contributed by atoms with E-state index < -0.39 is 6.10 Å². The van der Waals surface area contributed by atoms with Crippen molar-refractivity contribution in [1.82, 2.24) is 0 Å². The van der Waals surface area contributed by atoms with Crippen LogP contribution in [0.15, 0.2) is 36.4 Å². The highest BCUT2D eigenvalue weighted by molar-refractivity contribution is 5.91. The quantitative estimate of drug-likeness (QED) is 0.810. The lowest BCUT2D eigenvalue weighted by molar-refractivity contribution is 0.137. The van der Waals surface area contributed by atoms with Crippen LogP contribution in [0.4, 0.5) is 0 Å². The minimum absolute atomic E-state index is 0.467. The molecular formula is C16H20O3. The molecule has 0 radical (unpaired) electrons. The Morgan fingerprint density at radius 1 is 1.05 bits per heavy atom. The highest BCUT2D eigenvalue weighted by Gasteiger charge is 2.13. The fourth-order valence-electron chi connectivity index (χ4n) is 2.34. The molecule has 1 unspecified atom stereocenters. The number of hydrogen-bond donors (Lipinski definition) is 1. The van der Waals surface area contributed by atoms with Gasteiger partial charge in [-0.1, -0.05) is 30.3 Å². The molecule has 0 amide bonds. The third-order valence-electron chi connectivity index (χ3n) is 3.32. The average molecular weight is 260 g/mol. The van der Waals surface area contributed by atoms with Crippen molar-refractivity contribution < 1.29 is 14.6 Å². The Morgan fingerprint density at radius 3 is 2.47 bits per heavy atom. The van der Waals surface area contributed by atoms with Gasteiger partial charge in [0.1, 0.15) is 5.75 Å². The zero-order valence-electron chi connectivity index (χ0n) is 11.4. The van der Waals surface area contributed by atoms with Crippen LogP contribution < -0.4 is 4.74 Å². The number of rotatable bonds is 6. The van der Waals surface area contributed by atoms with Gasteiger partial charge >= 0.3 is 0 Å². The molecule has 3 heteroatoms. The average Bonchev–Trinajstić information content (AvgIpc) is 2.46. The van der Waals surface area contributed by atoms with Crippen LogP contribution in [-0.4, -0.2) is 25.9 Å². The molecule has 0 aromatic heterocycles. The number of benzene rings is 2. The van der Waals surface area contributed by atoms with Gasteiger partial charge in [-0.2, -0.15) is 0 Å². The third kappa shape index (κ3) is 3.06. The summed E-state index contributed by atoms with van der Waals surface area (Å²) in [5, 5.41) is 12.4. The van der Waals surface area contributed by atoms with Crippen LogP contribution in [0.3, 0.4) is 0 Å². The summed E-state index contributed by atoms with van der Waals surface area (Å²) in [6.45, 7) is 0.672. The highest BCUT2D eigenvalue weighted by atomic mass is 16.5. The lowest BCUT2D eigenvalue weighted by atomic mass is 9.97. The van der Waals surface area contributed by atoms with E-state index >= 15 is 0 Å². The third-order valence-corrected chi connectivity index (χ3v) is 3.32. The molecule has 0 spiro atoms. The van der Waals surface area contributed by atoms with Crippen molar-refractivity contribution in [3.63, 3.8) is 0 Å². The molecule has 0 saturated carbocycles. The van der Waals surface area contributed by atoms with Gasteiger partial charge in [-0.15, -0.1) is 0 Å². The van der Waals surface area contributed by atoms with Crippen LogP contribution in [0.25, 0.3) is 10.8 Å². The Hall–Kier alpha value is -1.58. The van der Waals surface area contributed by atoms with E-state index in [1.807, 2.05) is 36.4 Å². The zero-order chi connectivity index (χ0) is 13.7. The van der Waals surface area contributed by atoms with Gasteiger partial charge in [0.25, 0.3) is 0 Å². The van der Waals surface area contributed by atoms with Crippen molar-refractivity contribution in [3.8, 4) is 5.75 Å². The summed E-state index contributed by atoms with van der Waals surface area (Å²) in [5.74, 6) is 0.837. The molecule has 0 aliphatic carbocycles. The molecule has 0 saturated heterocycles. The normalized spacial score (nSPS) is 12.6. The van der Waals surface area contributed by atoms with E-state index in [1.54, 1.807) is 14.2 Å². The molecule has 0 heterocycles. The van der Waals surface area contributed by atoms with E-state index in [1.165, 1.54) is 0 Å². The van der Waals surface area contributed by atoms with Crippen molar-refractivity contribution in [2.45, 2.75) is 18.9 Å². The predicted molar refractivity (Wildman–Crippen MR) is 76.6 cm³/mol. The van der Waals surface area contributed by atoms with Gasteiger partial charge in [-0.05, 0) is 29.9 Å². The molecule has 2 aromatic carbocycles. The van der Waals surface area contributed by atoms with E-state index in [0.29, 0.717) is 13.0 Å². The van der Waals surface area contributed by atoms with E-state index in [0.717, 1.165) is 28.5 Å². The number of aliphatic hydroxyl groups is 1. The van der Waals surface area contributed by atoms with Crippen molar-refractivity contribution in [1.29, 1.82) is 0 Å². The van der Waals surface area contributed by atoms with Gasteiger partial charge in [-0.3, -0.25) is 0 Å². The second-order valence-electron chi connectivity index (χ2n) is 4.55. The molecule has 19 heavy (non-hydrogen) atoms.